The van der Waals surface area contributed by atoms with E-state index in [0.29, 0.717) is 18.0 Å². The van der Waals surface area contributed by atoms with E-state index in [1.54, 1.807) is 7.11 Å². The predicted octanol–water partition coefficient (Wildman–Crippen LogP) is 3.39. The van der Waals surface area contributed by atoms with Gasteiger partial charge in [-0.25, -0.2) is 0 Å². The number of para-hydroxylation sites is 1. The Morgan fingerprint density at radius 3 is 2.25 bits per heavy atom. The smallest absolute Gasteiger partial charge is 0.123 e. The average molecular weight is 221 g/mol. The fraction of sp³-hybridized carbons (Fsp3) is 0.571. The van der Waals surface area contributed by atoms with Crippen molar-refractivity contribution in [3.8, 4) is 5.75 Å². The Hall–Kier alpha value is -1.02. The summed E-state index contributed by atoms with van der Waals surface area (Å²) >= 11 is 0. The highest BCUT2D eigenvalue weighted by Gasteiger charge is 2.14. The minimum Gasteiger partial charge on any atom is -0.496 e. The molecular weight excluding hydrogens is 198 g/mol. The van der Waals surface area contributed by atoms with Crippen LogP contribution in [0.25, 0.3) is 0 Å². The SMILES string of the molecule is COc1ccccc1[C@@H](C)NC(C)C(C)C. The van der Waals surface area contributed by atoms with E-state index in [2.05, 4.69) is 45.1 Å². The van der Waals surface area contributed by atoms with Crippen molar-refractivity contribution in [1.29, 1.82) is 0 Å². The first-order valence-electron chi connectivity index (χ1n) is 5.95. The van der Waals surface area contributed by atoms with Gasteiger partial charge in [-0.2, -0.15) is 0 Å². The molecule has 1 N–H and O–H groups in total. The molecular formula is C14H23NO. The summed E-state index contributed by atoms with van der Waals surface area (Å²) in [4.78, 5) is 0. The monoisotopic (exact) mass is 221 g/mol. The van der Waals surface area contributed by atoms with Crippen molar-refractivity contribution in [3.63, 3.8) is 0 Å². The number of rotatable bonds is 5. The third-order valence-electron chi connectivity index (χ3n) is 3.12. The summed E-state index contributed by atoms with van der Waals surface area (Å²) in [6.07, 6.45) is 0. The molecule has 0 aliphatic carbocycles. The van der Waals surface area contributed by atoms with E-state index in [-0.39, 0.29) is 0 Å². The van der Waals surface area contributed by atoms with Crippen LogP contribution in [0.1, 0.15) is 39.3 Å². The summed E-state index contributed by atoms with van der Waals surface area (Å²) in [5.74, 6) is 1.59. The van der Waals surface area contributed by atoms with Crippen LogP contribution in [-0.4, -0.2) is 13.2 Å². The zero-order valence-electron chi connectivity index (χ0n) is 10.9. The van der Waals surface area contributed by atoms with Crippen molar-refractivity contribution in [2.75, 3.05) is 7.11 Å². The van der Waals surface area contributed by atoms with E-state index in [0.717, 1.165) is 5.75 Å². The van der Waals surface area contributed by atoms with Crippen LogP contribution in [0, 0.1) is 5.92 Å². The maximum absolute atomic E-state index is 5.37. The normalized spacial score (nSPS) is 14.9. The molecule has 0 bridgehead atoms. The van der Waals surface area contributed by atoms with Gasteiger partial charge in [0, 0.05) is 17.6 Å². The van der Waals surface area contributed by atoms with Crippen LogP contribution in [-0.2, 0) is 0 Å². The van der Waals surface area contributed by atoms with Gasteiger partial charge >= 0.3 is 0 Å². The second-order valence-corrected chi connectivity index (χ2v) is 4.66. The van der Waals surface area contributed by atoms with Crippen LogP contribution in [0.15, 0.2) is 24.3 Å². The predicted molar refractivity (Wildman–Crippen MR) is 68.8 cm³/mol. The quantitative estimate of drug-likeness (QED) is 0.823. The number of hydrogen-bond donors (Lipinski definition) is 1. The second-order valence-electron chi connectivity index (χ2n) is 4.66. The van der Waals surface area contributed by atoms with Gasteiger partial charge in [-0.1, -0.05) is 32.0 Å². The van der Waals surface area contributed by atoms with Crippen LogP contribution in [0.5, 0.6) is 5.75 Å². The van der Waals surface area contributed by atoms with E-state index in [1.807, 2.05) is 12.1 Å². The fourth-order valence-electron chi connectivity index (χ4n) is 1.70. The summed E-state index contributed by atoms with van der Waals surface area (Å²) < 4.78 is 5.37. The van der Waals surface area contributed by atoms with Gasteiger partial charge in [-0.3, -0.25) is 0 Å². The molecule has 0 aromatic heterocycles. The van der Waals surface area contributed by atoms with Gasteiger partial charge < -0.3 is 10.1 Å². The first-order chi connectivity index (χ1) is 7.56. The molecule has 1 aromatic carbocycles. The number of methoxy groups -OCH3 is 1. The number of benzene rings is 1. The molecule has 2 nitrogen and oxygen atoms in total. The van der Waals surface area contributed by atoms with Crippen LogP contribution in [0.4, 0.5) is 0 Å². The van der Waals surface area contributed by atoms with Crippen LogP contribution >= 0.6 is 0 Å². The van der Waals surface area contributed by atoms with Crippen molar-refractivity contribution in [2.45, 2.75) is 39.8 Å². The van der Waals surface area contributed by atoms with E-state index in [1.165, 1.54) is 5.56 Å². The van der Waals surface area contributed by atoms with E-state index >= 15 is 0 Å². The zero-order chi connectivity index (χ0) is 12.1. The van der Waals surface area contributed by atoms with Crippen LogP contribution in [0.2, 0.25) is 0 Å². The molecule has 0 radical (unpaired) electrons. The summed E-state index contributed by atoms with van der Waals surface area (Å²) in [5.41, 5.74) is 1.22. The molecule has 0 aliphatic heterocycles. The Balaban J connectivity index is 2.76. The molecule has 0 amide bonds. The number of hydrogen-bond acceptors (Lipinski definition) is 2. The second kappa shape index (κ2) is 5.90. The topological polar surface area (TPSA) is 21.3 Å². The lowest BCUT2D eigenvalue weighted by molar-refractivity contribution is 0.369. The Bertz CT molecular complexity index is 322. The number of nitrogens with one attached hydrogen (secondary N) is 1. The minimum atomic E-state index is 0.313. The van der Waals surface area contributed by atoms with Gasteiger partial charge in [0.05, 0.1) is 7.11 Å². The third-order valence-corrected chi connectivity index (χ3v) is 3.12. The van der Waals surface area contributed by atoms with E-state index in [4.69, 9.17) is 4.74 Å². The molecule has 0 saturated carbocycles. The van der Waals surface area contributed by atoms with Crippen molar-refractivity contribution in [3.05, 3.63) is 29.8 Å². The molecule has 2 atom stereocenters. The standard InChI is InChI=1S/C14H23NO/c1-10(2)11(3)15-12(4)13-8-6-7-9-14(13)16-5/h6-12,15H,1-5H3/t11?,12-/m1/s1. The van der Waals surface area contributed by atoms with E-state index < -0.39 is 0 Å². The first kappa shape index (κ1) is 13.0. The summed E-state index contributed by atoms with van der Waals surface area (Å²) in [5, 5.41) is 3.59. The molecule has 1 rings (SSSR count). The highest BCUT2D eigenvalue weighted by molar-refractivity contribution is 5.35. The van der Waals surface area contributed by atoms with Crippen LogP contribution in [0.3, 0.4) is 0 Å². The molecule has 0 spiro atoms. The van der Waals surface area contributed by atoms with Gasteiger partial charge in [0.1, 0.15) is 5.75 Å². The molecule has 1 aromatic rings. The summed E-state index contributed by atoms with van der Waals surface area (Å²) in [7, 11) is 1.72. The van der Waals surface area contributed by atoms with Gasteiger partial charge in [0.25, 0.3) is 0 Å². The van der Waals surface area contributed by atoms with Crippen molar-refractivity contribution >= 4 is 0 Å². The maximum Gasteiger partial charge on any atom is 0.123 e. The van der Waals surface area contributed by atoms with Gasteiger partial charge in [-0.15, -0.1) is 0 Å². The highest BCUT2D eigenvalue weighted by Crippen LogP contribution is 2.25. The first-order valence-corrected chi connectivity index (χ1v) is 5.95. The molecule has 0 saturated heterocycles. The zero-order valence-corrected chi connectivity index (χ0v) is 10.9. The minimum absolute atomic E-state index is 0.313. The number of ether oxygens (including phenoxy) is 1. The summed E-state index contributed by atoms with van der Waals surface area (Å²) in [6.45, 7) is 8.85. The lowest BCUT2D eigenvalue weighted by Crippen LogP contribution is -2.33. The van der Waals surface area contributed by atoms with Gasteiger partial charge in [0.2, 0.25) is 0 Å². The Morgan fingerprint density at radius 1 is 1.06 bits per heavy atom. The Kier molecular flexibility index (Phi) is 4.81. The third kappa shape index (κ3) is 3.24. The molecule has 16 heavy (non-hydrogen) atoms. The van der Waals surface area contributed by atoms with Crippen molar-refractivity contribution in [2.24, 2.45) is 5.92 Å². The van der Waals surface area contributed by atoms with Crippen molar-refractivity contribution < 1.29 is 4.74 Å². The lowest BCUT2D eigenvalue weighted by atomic mass is 10.0. The van der Waals surface area contributed by atoms with Gasteiger partial charge in [0.15, 0.2) is 0 Å². The molecule has 2 heteroatoms. The molecule has 1 unspecified atom stereocenters. The maximum atomic E-state index is 5.37. The van der Waals surface area contributed by atoms with Crippen LogP contribution < -0.4 is 10.1 Å². The fourth-order valence-corrected chi connectivity index (χ4v) is 1.70. The largest absolute Gasteiger partial charge is 0.496 e. The highest BCUT2D eigenvalue weighted by atomic mass is 16.5. The lowest BCUT2D eigenvalue weighted by Gasteiger charge is -2.24. The Morgan fingerprint density at radius 2 is 1.69 bits per heavy atom. The molecule has 0 aliphatic rings. The molecule has 0 fully saturated rings. The molecule has 0 heterocycles. The molecule has 90 valence electrons. The summed E-state index contributed by atoms with van der Waals surface area (Å²) in [6, 6.07) is 8.99. The van der Waals surface area contributed by atoms with Gasteiger partial charge in [-0.05, 0) is 25.8 Å². The average Bonchev–Trinajstić information content (AvgIpc) is 2.28. The van der Waals surface area contributed by atoms with E-state index in [9.17, 15) is 0 Å². The van der Waals surface area contributed by atoms with Crippen molar-refractivity contribution in [1.82, 2.24) is 5.32 Å². The Labute approximate surface area is 99.0 Å².